The van der Waals surface area contributed by atoms with Gasteiger partial charge in [0.15, 0.2) is 5.60 Å². The molecule has 3 aromatic carbocycles. The van der Waals surface area contributed by atoms with E-state index in [0.717, 1.165) is 19.3 Å². The maximum Gasteiger partial charge on any atom is 1.00 e. The van der Waals surface area contributed by atoms with Crippen molar-refractivity contribution >= 4 is 23.5 Å². The first kappa shape index (κ1) is 26.6. The van der Waals surface area contributed by atoms with Crippen LogP contribution < -0.4 is 49.5 Å². The van der Waals surface area contributed by atoms with Gasteiger partial charge in [0.25, 0.3) is 5.91 Å². The largest absolute Gasteiger partial charge is 1.00 e. The van der Waals surface area contributed by atoms with Crippen molar-refractivity contribution in [1.82, 2.24) is 5.32 Å². The molecule has 2 aliphatic rings. The molecule has 1 aliphatic heterocycles. The predicted octanol–water partition coefficient (Wildman–Crippen LogP) is 1.00. The molecule has 6 nitrogen and oxygen atoms in total. The maximum absolute atomic E-state index is 12.9. The zero-order valence-corrected chi connectivity index (χ0v) is 22.8. The number of aryl methyl sites for hydroxylation is 1. The molecule has 180 valence electrons. The molecule has 2 atom stereocenters. The minimum Gasteiger partial charge on any atom is -0.545 e. The van der Waals surface area contributed by atoms with Crippen LogP contribution in [0.4, 0.5) is 0 Å². The number of amides is 1. The standard InChI is InChI=1S/C28H26ClNO5.Na/c29-23-16-19(26(31)30-17-20-8-5-7-18-6-1-2-9-21(18)20)12-13-25(23)35-28(27(32)33)14-15-34-24-11-4-3-10-22(24)28;/h1-4,6,9-13,16,20H,5,7-8,14-15,17H2,(H,30,31)(H,32,33);/q;+1/p-1. The Morgan fingerprint density at radius 2 is 1.89 bits per heavy atom. The number of carboxylic acid groups (broad SMARTS) is 1. The summed E-state index contributed by atoms with van der Waals surface area (Å²) in [5.74, 6) is -0.755. The summed E-state index contributed by atoms with van der Waals surface area (Å²) in [6, 6.07) is 19.8. The zero-order valence-electron chi connectivity index (χ0n) is 20.1. The van der Waals surface area contributed by atoms with Crippen molar-refractivity contribution < 1.29 is 53.7 Å². The molecule has 0 aromatic heterocycles. The van der Waals surface area contributed by atoms with Crippen molar-refractivity contribution in [3.63, 3.8) is 0 Å². The minimum atomic E-state index is -1.74. The molecule has 1 N–H and O–H groups in total. The number of rotatable bonds is 6. The first-order chi connectivity index (χ1) is 17.0. The van der Waals surface area contributed by atoms with E-state index in [9.17, 15) is 14.7 Å². The van der Waals surface area contributed by atoms with E-state index in [1.165, 1.54) is 23.3 Å². The Labute approximate surface area is 237 Å². The van der Waals surface area contributed by atoms with Gasteiger partial charge in [-0.05, 0) is 54.7 Å². The van der Waals surface area contributed by atoms with Crippen molar-refractivity contribution in [2.24, 2.45) is 0 Å². The number of hydrogen-bond acceptors (Lipinski definition) is 5. The van der Waals surface area contributed by atoms with E-state index < -0.39 is 11.6 Å². The summed E-state index contributed by atoms with van der Waals surface area (Å²) in [6.07, 6.45) is 3.26. The monoisotopic (exact) mass is 513 g/mol. The third kappa shape index (κ3) is 5.14. The molecule has 1 aliphatic carbocycles. The van der Waals surface area contributed by atoms with Crippen molar-refractivity contribution in [2.75, 3.05) is 13.2 Å². The number of para-hydroxylation sites is 1. The van der Waals surface area contributed by atoms with Crippen LogP contribution >= 0.6 is 11.6 Å². The van der Waals surface area contributed by atoms with Crippen LogP contribution in [0.3, 0.4) is 0 Å². The number of carboxylic acids is 1. The van der Waals surface area contributed by atoms with E-state index in [1.807, 2.05) is 6.07 Å². The average Bonchev–Trinajstić information content (AvgIpc) is 2.88. The van der Waals surface area contributed by atoms with Gasteiger partial charge in [0.1, 0.15) is 11.5 Å². The Morgan fingerprint density at radius 3 is 2.69 bits per heavy atom. The number of carbonyl (C=O) groups is 2. The summed E-state index contributed by atoms with van der Waals surface area (Å²) in [5.41, 5.74) is 1.65. The van der Waals surface area contributed by atoms with E-state index in [-0.39, 0.29) is 65.2 Å². The molecular formula is C28H25ClNNaO5. The van der Waals surface area contributed by atoms with Gasteiger partial charge in [-0.15, -0.1) is 0 Å². The van der Waals surface area contributed by atoms with Crippen LogP contribution in [0.5, 0.6) is 11.5 Å². The Morgan fingerprint density at radius 1 is 1.11 bits per heavy atom. The maximum atomic E-state index is 12.9. The number of ether oxygens (including phenoxy) is 2. The predicted molar refractivity (Wildman–Crippen MR) is 130 cm³/mol. The Bertz CT molecular complexity index is 1280. The SMILES string of the molecule is O=C(NCC1CCCc2ccccc21)c1ccc(OC2(C(=O)[O-])CCOc3ccccc32)c(Cl)c1.[Na+]. The first-order valence-corrected chi connectivity index (χ1v) is 12.1. The molecule has 0 bridgehead atoms. The van der Waals surface area contributed by atoms with Crippen LogP contribution in [0.25, 0.3) is 0 Å². The van der Waals surface area contributed by atoms with Crippen LogP contribution in [0.2, 0.25) is 5.02 Å². The first-order valence-electron chi connectivity index (χ1n) is 11.8. The molecule has 5 rings (SSSR count). The van der Waals surface area contributed by atoms with Gasteiger partial charge < -0.3 is 24.7 Å². The molecule has 1 amide bonds. The van der Waals surface area contributed by atoms with Crippen LogP contribution in [0.15, 0.2) is 66.7 Å². The van der Waals surface area contributed by atoms with E-state index in [2.05, 4.69) is 23.5 Å². The number of aliphatic carboxylic acids is 1. The van der Waals surface area contributed by atoms with Gasteiger partial charge in [0, 0.05) is 30.0 Å². The fourth-order valence-electron chi connectivity index (χ4n) is 5.02. The van der Waals surface area contributed by atoms with Crippen LogP contribution in [-0.2, 0) is 16.8 Å². The molecule has 0 fully saturated rings. The molecule has 3 aromatic rings. The number of hydrogen-bond donors (Lipinski definition) is 1. The summed E-state index contributed by atoms with van der Waals surface area (Å²) < 4.78 is 11.6. The van der Waals surface area contributed by atoms with Crippen molar-refractivity contribution in [1.29, 1.82) is 0 Å². The van der Waals surface area contributed by atoms with Gasteiger partial charge >= 0.3 is 29.6 Å². The molecule has 1 heterocycles. The van der Waals surface area contributed by atoms with Gasteiger partial charge in [-0.2, -0.15) is 0 Å². The normalized spacial score (nSPS) is 20.1. The fraction of sp³-hybridized carbons (Fsp3) is 0.286. The topological polar surface area (TPSA) is 87.7 Å². The van der Waals surface area contributed by atoms with Crippen molar-refractivity contribution in [3.8, 4) is 11.5 Å². The van der Waals surface area contributed by atoms with Crippen LogP contribution in [-0.4, -0.2) is 25.0 Å². The van der Waals surface area contributed by atoms with Gasteiger partial charge in [0.2, 0.25) is 0 Å². The second-order valence-electron chi connectivity index (χ2n) is 8.95. The van der Waals surface area contributed by atoms with Crippen molar-refractivity contribution in [3.05, 3.63) is 94.0 Å². The van der Waals surface area contributed by atoms with Gasteiger partial charge in [-0.1, -0.05) is 54.1 Å². The second kappa shape index (κ2) is 11.3. The van der Waals surface area contributed by atoms with E-state index in [0.29, 0.717) is 23.4 Å². The number of halogens is 1. The number of fused-ring (bicyclic) bond motifs is 2. The molecule has 0 saturated heterocycles. The van der Waals surface area contributed by atoms with E-state index in [4.69, 9.17) is 21.1 Å². The number of carbonyl (C=O) groups excluding carboxylic acids is 2. The quantitative estimate of drug-likeness (QED) is 0.497. The summed E-state index contributed by atoms with van der Waals surface area (Å²) >= 11 is 6.45. The van der Waals surface area contributed by atoms with Crippen molar-refractivity contribution in [2.45, 2.75) is 37.2 Å². The molecule has 0 saturated carbocycles. The average molecular weight is 514 g/mol. The summed E-state index contributed by atoms with van der Waals surface area (Å²) in [6.45, 7) is 0.698. The van der Waals surface area contributed by atoms with Crippen LogP contribution in [0.1, 0.15) is 52.2 Å². The smallest absolute Gasteiger partial charge is 0.545 e. The zero-order chi connectivity index (χ0) is 24.4. The van der Waals surface area contributed by atoms with E-state index >= 15 is 0 Å². The van der Waals surface area contributed by atoms with Gasteiger partial charge in [-0.25, -0.2) is 0 Å². The van der Waals surface area contributed by atoms with Crippen LogP contribution in [0, 0.1) is 0 Å². The minimum absolute atomic E-state index is 0. The molecule has 36 heavy (non-hydrogen) atoms. The number of nitrogens with one attached hydrogen (secondary N) is 1. The number of benzene rings is 3. The summed E-state index contributed by atoms with van der Waals surface area (Å²) in [5, 5.41) is 15.4. The third-order valence-electron chi connectivity index (χ3n) is 6.84. The van der Waals surface area contributed by atoms with E-state index in [1.54, 1.807) is 30.3 Å². The van der Waals surface area contributed by atoms with Gasteiger partial charge in [-0.3, -0.25) is 4.79 Å². The fourth-order valence-corrected chi connectivity index (χ4v) is 5.24. The molecular weight excluding hydrogens is 489 g/mol. The molecule has 0 radical (unpaired) electrons. The summed E-state index contributed by atoms with van der Waals surface area (Å²) in [7, 11) is 0. The molecule has 8 heteroatoms. The Balaban J connectivity index is 0.00000304. The van der Waals surface area contributed by atoms with Gasteiger partial charge in [0.05, 0.1) is 17.6 Å². The molecule has 2 unspecified atom stereocenters. The Kier molecular flexibility index (Phi) is 8.30. The molecule has 0 spiro atoms. The Hall–Kier alpha value is -2.51. The third-order valence-corrected chi connectivity index (χ3v) is 7.14. The summed E-state index contributed by atoms with van der Waals surface area (Å²) in [4.78, 5) is 25.1. The second-order valence-corrected chi connectivity index (χ2v) is 9.36.